The molecule has 122 valence electrons. The lowest BCUT2D eigenvalue weighted by Gasteiger charge is -2.19. The van der Waals surface area contributed by atoms with Crippen molar-refractivity contribution < 1.29 is 4.79 Å². The highest BCUT2D eigenvalue weighted by Gasteiger charge is 2.23. The molecule has 3 aromatic rings. The Bertz CT molecular complexity index is 918. The standard InChI is InChI=1S/C17H18N6O/c1-11(24)23(17-18-7-8-19-17)12-9-15(22(2)10-12)16-20-13-5-3-4-6-14(13)21-16/h3-6,9-10H,7-8H2,1-2H3,(H,18,19)(H,20,21). The highest BCUT2D eigenvalue weighted by atomic mass is 16.2. The summed E-state index contributed by atoms with van der Waals surface area (Å²) in [6.07, 6.45) is 1.91. The maximum absolute atomic E-state index is 12.1. The molecule has 0 fully saturated rings. The number of nitrogens with one attached hydrogen (secondary N) is 2. The highest BCUT2D eigenvalue weighted by molar-refractivity contribution is 6.16. The molecule has 0 bridgehead atoms. The van der Waals surface area contributed by atoms with E-state index in [9.17, 15) is 4.79 Å². The van der Waals surface area contributed by atoms with Crippen LogP contribution >= 0.6 is 0 Å². The number of carbonyl (C=O) groups excluding carboxylic acids is 1. The number of aryl methyl sites for hydroxylation is 1. The minimum absolute atomic E-state index is 0.0788. The predicted octanol–water partition coefficient (Wildman–Crippen LogP) is 1.88. The number of aliphatic imine (C=N–C) groups is 1. The molecule has 0 radical (unpaired) electrons. The van der Waals surface area contributed by atoms with Crippen molar-refractivity contribution in [3.63, 3.8) is 0 Å². The molecule has 2 aromatic heterocycles. The quantitative estimate of drug-likeness (QED) is 0.756. The summed E-state index contributed by atoms with van der Waals surface area (Å²) in [4.78, 5) is 26.0. The van der Waals surface area contributed by atoms with Crippen LogP contribution in [0.5, 0.6) is 0 Å². The fraction of sp³-hybridized carbons (Fsp3) is 0.235. The third-order valence-electron chi connectivity index (χ3n) is 4.06. The van der Waals surface area contributed by atoms with Gasteiger partial charge in [-0.3, -0.25) is 9.79 Å². The fourth-order valence-corrected chi connectivity index (χ4v) is 2.97. The third kappa shape index (κ3) is 2.34. The van der Waals surface area contributed by atoms with Crippen molar-refractivity contribution >= 4 is 28.6 Å². The monoisotopic (exact) mass is 322 g/mol. The van der Waals surface area contributed by atoms with Crippen LogP contribution in [-0.4, -0.2) is 39.5 Å². The van der Waals surface area contributed by atoms with Gasteiger partial charge >= 0.3 is 0 Å². The third-order valence-corrected chi connectivity index (χ3v) is 4.06. The van der Waals surface area contributed by atoms with Gasteiger partial charge in [0, 0.05) is 26.7 Å². The number of aromatic amines is 1. The van der Waals surface area contributed by atoms with Gasteiger partial charge in [0.15, 0.2) is 5.82 Å². The molecule has 2 N–H and O–H groups in total. The second kappa shape index (κ2) is 5.52. The topological polar surface area (TPSA) is 78.3 Å². The molecule has 1 aromatic carbocycles. The predicted molar refractivity (Wildman–Crippen MR) is 94.0 cm³/mol. The summed E-state index contributed by atoms with van der Waals surface area (Å²) in [5.74, 6) is 1.30. The number of rotatable bonds is 2. The highest BCUT2D eigenvalue weighted by Crippen LogP contribution is 2.27. The second-order valence-corrected chi connectivity index (χ2v) is 5.78. The number of guanidine groups is 1. The van der Waals surface area contributed by atoms with Crippen LogP contribution in [0.25, 0.3) is 22.6 Å². The lowest BCUT2D eigenvalue weighted by atomic mass is 10.3. The average molecular weight is 322 g/mol. The molecular formula is C17H18N6O. The molecular weight excluding hydrogens is 304 g/mol. The van der Waals surface area contributed by atoms with E-state index in [0.717, 1.165) is 34.8 Å². The van der Waals surface area contributed by atoms with Gasteiger partial charge in [-0.15, -0.1) is 0 Å². The Balaban J connectivity index is 1.77. The van der Waals surface area contributed by atoms with Gasteiger partial charge < -0.3 is 14.9 Å². The molecule has 0 unspecified atom stereocenters. The van der Waals surface area contributed by atoms with E-state index in [4.69, 9.17) is 0 Å². The Morgan fingerprint density at radius 1 is 1.33 bits per heavy atom. The van der Waals surface area contributed by atoms with Gasteiger partial charge in [-0.1, -0.05) is 12.1 Å². The minimum Gasteiger partial charge on any atom is -0.354 e. The van der Waals surface area contributed by atoms with Crippen molar-refractivity contribution in [3.8, 4) is 11.5 Å². The Morgan fingerprint density at radius 2 is 2.17 bits per heavy atom. The Labute approximate surface area is 139 Å². The van der Waals surface area contributed by atoms with Gasteiger partial charge in [0.1, 0.15) is 0 Å². The molecule has 3 heterocycles. The zero-order valence-electron chi connectivity index (χ0n) is 13.6. The zero-order valence-corrected chi connectivity index (χ0v) is 13.6. The summed E-state index contributed by atoms with van der Waals surface area (Å²) in [6, 6.07) is 9.85. The van der Waals surface area contributed by atoms with Crippen molar-refractivity contribution in [1.82, 2.24) is 19.9 Å². The molecule has 0 spiro atoms. The van der Waals surface area contributed by atoms with E-state index in [0.29, 0.717) is 12.5 Å². The first kappa shape index (κ1) is 14.5. The van der Waals surface area contributed by atoms with Crippen molar-refractivity contribution in [2.45, 2.75) is 6.92 Å². The van der Waals surface area contributed by atoms with Crippen LogP contribution in [0.15, 0.2) is 41.5 Å². The van der Waals surface area contributed by atoms with E-state index < -0.39 is 0 Å². The molecule has 1 amide bonds. The molecule has 7 nitrogen and oxygen atoms in total. The Morgan fingerprint density at radius 3 is 2.88 bits per heavy atom. The molecule has 1 aliphatic rings. The summed E-state index contributed by atoms with van der Waals surface area (Å²) in [5, 5.41) is 3.15. The van der Waals surface area contributed by atoms with E-state index in [1.54, 1.807) is 4.90 Å². The van der Waals surface area contributed by atoms with Crippen molar-refractivity contribution in [3.05, 3.63) is 36.5 Å². The van der Waals surface area contributed by atoms with Crippen molar-refractivity contribution in [2.24, 2.45) is 12.0 Å². The first-order valence-electron chi connectivity index (χ1n) is 7.84. The molecule has 0 atom stereocenters. The lowest BCUT2D eigenvalue weighted by molar-refractivity contribution is -0.115. The van der Waals surface area contributed by atoms with Crippen LogP contribution in [0, 0.1) is 0 Å². The number of aromatic nitrogens is 3. The van der Waals surface area contributed by atoms with E-state index in [1.165, 1.54) is 6.92 Å². The van der Waals surface area contributed by atoms with E-state index in [1.807, 2.05) is 48.1 Å². The molecule has 0 aliphatic carbocycles. The number of para-hydroxylation sites is 2. The lowest BCUT2D eigenvalue weighted by Crippen LogP contribution is -2.41. The van der Waals surface area contributed by atoms with Crippen LogP contribution in [0.3, 0.4) is 0 Å². The van der Waals surface area contributed by atoms with E-state index in [-0.39, 0.29) is 5.91 Å². The molecule has 24 heavy (non-hydrogen) atoms. The normalized spacial score (nSPS) is 13.8. The van der Waals surface area contributed by atoms with Crippen LogP contribution in [0.1, 0.15) is 6.92 Å². The molecule has 4 rings (SSSR count). The summed E-state index contributed by atoms with van der Waals surface area (Å²) >= 11 is 0. The minimum atomic E-state index is -0.0788. The smallest absolute Gasteiger partial charge is 0.230 e. The number of carbonyl (C=O) groups is 1. The van der Waals surface area contributed by atoms with E-state index in [2.05, 4.69) is 20.3 Å². The summed E-state index contributed by atoms with van der Waals surface area (Å²) in [6.45, 7) is 2.97. The number of hydrogen-bond acceptors (Lipinski definition) is 4. The Hall–Kier alpha value is -3.09. The SMILES string of the molecule is CC(=O)N(C1=NCCN1)c1cc(-c2nc3ccccc3[nH]2)n(C)c1. The van der Waals surface area contributed by atoms with Gasteiger partial charge in [-0.05, 0) is 18.2 Å². The van der Waals surface area contributed by atoms with Crippen LogP contribution in [-0.2, 0) is 11.8 Å². The summed E-state index contributed by atoms with van der Waals surface area (Å²) in [7, 11) is 1.94. The number of anilines is 1. The molecule has 0 saturated heterocycles. The van der Waals surface area contributed by atoms with Gasteiger partial charge in [0.2, 0.25) is 11.9 Å². The maximum atomic E-state index is 12.1. The van der Waals surface area contributed by atoms with Crippen LogP contribution in [0.2, 0.25) is 0 Å². The van der Waals surface area contributed by atoms with Gasteiger partial charge in [0.25, 0.3) is 0 Å². The number of H-pyrrole nitrogens is 1. The van der Waals surface area contributed by atoms with Gasteiger partial charge in [-0.2, -0.15) is 0 Å². The number of hydrogen-bond donors (Lipinski definition) is 2. The average Bonchev–Trinajstić information content (AvgIpc) is 3.26. The number of fused-ring (bicyclic) bond motifs is 1. The van der Waals surface area contributed by atoms with E-state index >= 15 is 0 Å². The number of benzene rings is 1. The molecule has 1 aliphatic heterocycles. The van der Waals surface area contributed by atoms with Crippen molar-refractivity contribution in [2.75, 3.05) is 18.0 Å². The maximum Gasteiger partial charge on any atom is 0.230 e. The first-order chi connectivity index (χ1) is 11.6. The summed E-state index contributed by atoms with van der Waals surface area (Å²) < 4.78 is 1.96. The Kier molecular flexibility index (Phi) is 3.34. The zero-order chi connectivity index (χ0) is 16.7. The van der Waals surface area contributed by atoms with Crippen molar-refractivity contribution in [1.29, 1.82) is 0 Å². The molecule has 0 saturated carbocycles. The van der Waals surface area contributed by atoms with Gasteiger partial charge in [-0.25, -0.2) is 9.88 Å². The van der Waals surface area contributed by atoms with Gasteiger partial charge in [0.05, 0.1) is 29.0 Å². The second-order valence-electron chi connectivity index (χ2n) is 5.78. The number of amides is 1. The number of nitrogens with zero attached hydrogens (tertiary/aromatic N) is 4. The van der Waals surface area contributed by atoms with Crippen LogP contribution < -0.4 is 10.2 Å². The largest absolute Gasteiger partial charge is 0.354 e. The fourth-order valence-electron chi connectivity index (χ4n) is 2.97. The number of imidazole rings is 1. The summed E-state index contributed by atoms with van der Waals surface area (Å²) in [5.41, 5.74) is 3.58. The van der Waals surface area contributed by atoms with Crippen LogP contribution in [0.4, 0.5) is 5.69 Å². The molecule has 7 heteroatoms. The first-order valence-corrected chi connectivity index (χ1v) is 7.84.